The largest absolute Gasteiger partial charge is 0.504 e. The first-order valence-corrected chi connectivity index (χ1v) is 10.6. The van der Waals surface area contributed by atoms with E-state index in [-0.39, 0.29) is 36.1 Å². The van der Waals surface area contributed by atoms with Gasteiger partial charge in [-0.15, -0.1) is 0 Å². The lowest BCUT2D eigenvalue weighted by Crippen LogP contribution is -2.47. The molecule has 0 bridgehead atoms. The fourth-order valence-electron chi connectivity index (χ4n) is 3.71. The summed E-state index contributed by atoms with van der Waals surface area (Å²) in [6.45, 7) is 5.19. The number of nitrogens with one attached hydrogen (secondary N) is 1. The maximum absolute atomic E-state index is 12.6. The van der Waals surface area contributed by atoms with E-state index in [4.69, 9.17) is 9.47 Å². The van der Waals surface area contributed by atoms with Gasteiger partial charge in [0, 0.05) is 19.1 Å². The van der Waals surface area contributed by atoms with Crippen LogP contribution in [0.3, 0.4) is 0 Å². The Labute approximate surface area is 183 Å². The first kappa shape index (κ1) is 22.5. The number of rotatable bonds is 6. The van der Waals surface area contributed by atoms with Gasteiger partial charge in [0.05, 0.1) is 13.5 Å². The lowest BCUT2D eigenvalue weighted by Gasteiger charge is -2.32. The van der Waals surface area contributed by atoms with Crippen LogP contribution >= 0.6 is 0 Å². The lowest BCUT2D eigenvalue weighted by atomic mass is 10.0. The molecule has 0 saturated carbocycles. The first-order valence-electron chi connectivity index (χ1n) is 10.6. The van der Waals surface area contributed by atoms with Crippen LogP contribution in [0.25, 0.3) is 0 Å². The molecule has 0 spiro atoms. The van der Waals surface area contributed by atoms with Crippen LogP contribution in [0.5, 0.6) is 17.2 Å². The number of nitrogens with zero attached hydrogens (tertiary/aromatic N) is 1. The molecule has 166 valence electrons. The molecule has 1 aliphatic rings. The number of likely N-dealkylation sites (tertiary alicyclic amines) is 1. The van der Waals surface area contributed by atoms with Gasteiger partial charge < -0.3 is 24.8 Å². The van der Waals surface area contributed by atoms with Crippen LogP contribution in [0.4, 0.5) is 4.79 Å². The van der Waals surface area contributed by atoms with Crippen LogP contribution < -0.4 is 14.8 Å². The van der Waals surface area contributed by atoms with E-state index in [0.29, 0.717) is 37.4 Å². The van der Waals surface area contributed by atoms with E-state index >= 15 is 0 Å². The van der Waals surface area contributed by atoms with Crippen molar-refractivity contribution < 1.29 is 24.2 Å². The molecule has 7 heteroatoms. The number of carbonyl (C=O) groups excluding carboxylic acids is 2. The molecule has 0 atom stereocenters. The van der Waals surface area contributed by atoms with Crippen LogP contribution in [0, 0.1) is 0 Å². The third-order valence-electron chi connectivity index (χ3n) is 5.47. The van der Waals surface area contributed by atoms with Gasteiger partial charge in [-0.25, -0.2) is 4.79 Å². The van der Waals surface area contributed by atoms with Gasteiger partial charge in [-0.1, -0.05) is 38.1 Å². The van der Waals surface area contributed by atoms with Gasteiger partial charge in [-0.05, 0) is 48.1 Å². The van der Waals surface area contributed by atoms with E-state index in [1.165, 1.54) is 13.2 Å². The van der Waals surface area contributed by atoms with Gasteiger partial charge in [0.15, 0.2) is 11.5 Å². The van der Waals surface area contributed by atoms with E-state index in [0.717, 1.165) is 11.1 Å². The summed E-state index contributed by atoms with van der Waals surface area (Å²) in [6.07, 6.45) is 1.19. The fraction of sp³-hybridized carbons (Fsp3) is 0.417. The van der Waals surface area contributed by atoms with Crippen molar-refractivity contribution in [3.8, 4) is 17.2 Å². The molecule has 2 N–H and O–H groups in total. The maximum atomic E-state index is 12.6. The van der Waals surface area contributed by atoms with Crippen LogP contribution in [-0.2, 0) is 11.2 Å². The number of phenols is 1. The first-order chi connectivity index (χ1) is 14.9. The van der Waals surface area contributed by atoms with Gasteiger partial charge in [-0.3, -0.25) is 4.79 Å². The molecule has 1 aliphatic heterocycles. The topological polar surface area (TPSA) is 88.1 Å². The highest BCUT2D eigenvalue weighted by atomic mass is 16.6. The molecular weight excluding hydrogens is 396 g/mol. The van der Waals surface area contributed by atoms with Gasteiger partial charge in [-0.2, -0.15) is 0 Å². The number of benzene rings is 2. The van der Waals surface area contributed by atoms with Crippen LogP contribution in [0.15, 0.2) is 42.5 Å². The van der Waals surface area contributed by atoms with E-state index in [1.54, 1.807) is 17.0 Å². The Morgan fingerprint density at radius 1 is 1.13 bits per heavy atom. The highest BCUT2D eigenvalue weighted by Crippen LogP contribution is 2.27. The summed E-state index contributed by atoms with van der Waals surface area (Å²) in [7, 11) is 1.47. The molecule has 2 aromatic carbocycles. The van der Waals surface area contributed by atoms with Crippen molar-refractivity contribution in [1.29, 1.82) is 0 Å². The second-order valence-corrected chi connectivity index (χ2v) is 8.07. The number of amides is 2. The highest BCUT2D eigenvalue weighted by Gasteiger charge is 2.26. The third kappa shape index (κ3) is 5.90. The van der Waals surface area contributed by atoms with E-state index in [2.05, 4.69) is 19.2 Å². The molecule has 31 heavy (non-hydrogen) atoms. The smallest absolute Gasteiger partial charge is 0.415 e. The number of phenolic OH excluding ortho intramolecular Hbond substituents is 1. The zero-order valence-electron chi connectivity index (χ0n) is 18.3. The van der Waals surface area contributed by atoms with E-state index in [9.17, 15) is 14.7 Å². The predicted molar refractivity (Wildman–Crippen MR) is 118 cm³/mol. The Bertz CT molecular complexity index is 920. The Hall–Kier alpha value is -3.22. The average molecular weight is 427 g/mol. The number of carbonyl (C=O) groups is 2. The molecule has 1 fully saturated rings. The van der Waals surface area contributed by atoms with E-state index < -0.39 is 0 Å². The lowest BCUT2D eigenvalue weighted by molar-refractivity contribution is -0.121. The average Bonchev–Trinajstić information content (AvgIpc) is 2.75. The normalized spacial score (nSPS) is 14.4. The van der Waals surface area contributed by atoms with Gasteiger partial charge in [0.1, 0.15) is 5.75 Å². The summed E-state index contributed by atoms with van der Waals surface area (Å²) in [5, 5.41) is 12.7. The summed E-state index contributed by atoms with van der Waals surface area (Å²) in [4.78, 5) is 26.7. The maximum Gasteiger partial charge on any atom is 0.415 e. The van der Waals surface area contributed by atoms with Crippen molar-refractivity contribution in [1.82, 2.24) is 10.2 Å². The van der Waals surface area contributed by atoms with Crippen molar-refractivity contribution >= 4 is 12.0 Å². The zero-order valence-corrected chi connectivity index (χ0v) is 18.3. The molecule has 3 rings (SSSR count). The number of aromatic hydroxyl groups is 1. The fourth-order valence-corrected chi connectivity index (χ4v) is 3.71. The Morgan fingerprint density at radius 2 is 1.84 bits per heavy atom. The number of para-hydroxylation sites is 1. The number of piperidine rings is 1. The Morgan fingerprint density at radius 3 is 2.52 bits per heavy atom. The molecule has 0 aromatic heterocycles. The molecule has 2 amide bonds. The second-order valence-electron chi connectivity index (χ2n) is 8.07. The number of hydrogen-bond acceptors (Lipinski definition) is 5. The summed E-state index contributed by atoms with van der Waals surface area (Å²) in [5.74, 6) is 1.15. The number of hydrogen-bond donors (Lipinski definition) is 2. The summed E-state index contributed by atoms with van der Waals surface area (Å²) < 4.78 is 10.7. The molecule has 0 aliphatic carbocycles. The Balaban J connectivity index is 1.48. The monoisotopic (exact) mass is 426 g/mol. The minimum Gasteiger partial charge on any atom is -0.504 e. The molecule has 7 nitrogen and oxygen atoms in total. The van der Waals surface area contributed by atoms with Crippen molar-refractivity contribution in [2.24, 2.45) is 0 Å². The summed E-state index contributed by atoms with van der Waals surface area (Å²) >= 11 is 0. The molecule has 1 heterocycles. The summed E-state index contributed by atoms with van der Waals surface area (Å²) in [6, 6.07) is 12.5. The van der Waals surface area contributed by atoms with Gasteiger partial charge >= 0.3 is 6.09 Å². The second kappa shape index (κ2) is 10.2. The minimum absolute atomic E-state index is 0.0125. The molecule has 2 aromatic rings. The molecule has 0 radical (unpaired) electrons. The Kier molecular flexibility index (Phi) is 7.39. The predicted octanol–water partition coefficient (Wildman–Crippen LogP) is 3.85. The highest BCUT2D eigenvalue weighted by molar-refractivity contribution is 5.79. The number of methoxy groups -OCH3 is 1. The van der Waals surface area contributed by atoms with Crippen molar-refractivity contribution in [3.63, 3.8) is 0 Å². The number of ether oxygens (including phenoxy) is 2. The quantitative estimate of drug-likeness (QED) is 0.733. The van der Waals surface area contributed by atoms with Crippen LogP contribution in [0.1, 0.15) is 43.7 Å². The van der Waals surface area contributed by atoms with Crippen LogP contribution in [-0.4, -0.2) is 48.2 Å². The van der Waals surface area contributed by atoms with Crippen molar-refractivity contribution in [3.05, 3.63) is 53.6 Å². The SMILES string of the molecule is COc1cc(CC(=O)NC2CCN(C(=O)Oc3ccccc3C(C)C)CC2)ccc1O. The standard InChI is InChI=1S/C24H30N2O5/c1-16(2)19-6-4-5-7-21(19)31-24(29)26-12-10-18(11-13-26)25-23(28)15-17-8-9-20(27)22(14-17)30-3/h4-9,14,16,18,27H,10-13,15H2,1-3H3,(H,25,28). The van der Waals surface area contributed by atoms with Crippen molar-refractivity contribution in [2.45, 2.75) is 45.1 Å². The molecule has 0 unspecified atom stereocenters. The van der Waals surface area contributed by atoms with Gasteiger partial charge in [0.2, 0.25) is 5.91 Å². The van der Waals surface area contributed by atoms with Gasteiger partial charge in [0.25, 0.3) is 0 Å². The van der Waals surface area contributed by atoms with Crippen molar-refractivity contribution in [2.75, 3.05) is 20.2 Å². The summed E-state index contributed by atoms with van der Waals surface area (Å²) in [5.41, 5.74) is 1.76. The molecule has 1 saturated heterocycles. The molecular formula is C24H30N2O5. The van der Waals surface area contributed by atoms with Crippen LogP contribution in [0.2, 0.25) is 0 Å². The minimum atomic E-state index is -0.353. The van der Waals surface area contributed by atoms with E-state index in [1.807, 2.05) is 24.3 Å². The zero-order chi connectivity index (χ0) is 22.4. The third-order valence-corrected chi connectivity index (χ3v) is 5.47.